The molecule has 0 bridgehead atoms. The predicted molar refractivity (Wildman–Crippen MR) is 152 cm³/mol. The number of amides is 1. The van der Waals surface area contributed by atoms with Crippen LogP contribution in [0.15, 0.2) is 30.3 Å². The molecule has 1 atom stereocenters. The number of aliphatic carboxylic acids is 2. The number of carbonyl (C=O) groups is 3. The Hall–Kier alpha value is -2.83. The fourth-order valence-corrected chi connectivity index (χ4v) is 4.40. The van der Waals surface area contributed by atoms with Gasteiger partial charge in [-0.15, -0.1) is 0 Å². The van der Waals surface area contributed by atoms with E-state index < -0.39 is 30.9 Å². The van der Waals surface area contributed by atoms with Crippen LogP contribution in [0.2, 0.25) is 0 Å². The first-order valence-corrected chi connectivity index (χ1v) is 14.5. The molecule has 0 aliphatic carbocycles. The summed E-state index contributed by atoms with van der Waals surface area (Å²) in [6, 6.07) is 7.33. The van der Waals surface area contributed by atoms with Crippen molar-refractivity contribution in [2.24, 2.45) is 0 Å². The lowest BCUT2D eigenvalue weighted by molar-refractivity contribution is -0.147. The predicted octanol–water partition coefficient (Wildman–Crippen LogP) is 7.34. The summed E-state index contributed by atoms with van der Waals surface area (Å²) in [6.45, 7) is 3.06. The van der Waals surface area contributed by atoms with Crippen molar-refractivity contribution in [2.75, 3.05) is 13.1 Å². The number of carboxylic acid groups (broad SMARTS) is 2. The molecule has 0 saturated carbocycles. The Bertz CT molecular complexity index is 804. The Morgan fingerprint density at radius 1 is 0.763 bits per heavy atom. The normalized spacial score (nSPS) is 11.9. The SMILES string of the molecule is CCCCCCCCCCCCCCCC(CC)Oc1ccc(/C=C/C(=O)N(CC(=O)O)CC(=O)O)cc1. The second kappa shape index (κ2) is 21.1. The van der Waals surface area contributed by atoms with Gasteiger partial charge in [0.05, 0.1) is 6.10 Å². The van der Waals surface area contributed by atoms with Gasteiger partial charge in [-0.2, -0.15) is 0 Å². The van der Waals surface area contributed by atoms with Crippen LogP contribution in [0.4, 0.5) is 0 Å². The molecular weight excluding hydrogens is 482 g/mol. The molecule has 0 heterocycles. The summed E-state index contributed by atoms with van der Waals surface area (Å²) in [4.78, 5) is 34.7. The monoisotopic (exact) mass is 531 g/mol. The summed E-state index contributed by atoms with van der Waals surface area (Å²) in [5, 5.41) is 17.8. The largest absolute Gasteiger partial charge is 0.490 e. The van der Waals surface area contributed by atoms with Crippen LogP contribution in [0.25, 0.3) is 6.08 Å². The molecule has 7 nitrogen and oxygen atoms in total. The molecule has 0 aliphatic rings. The van der Waals surface area contributed by atoms with E-state index in [1.807, 2.05) is 24.3 Å². The van der Waals surface area contributed by atoms with Crippen molar-refractivity contribution in [1.82, 2.24) is 4.90 Å². The average Bonchev–Trinajstić information content (AvgIpc) is 2.89. The van der Waals surface area contributed by atoms with E-state index in [1.165, 1.54) is 95.6 Å². The van der Waals surface area contributed by atoms with Gasteiger partial charge in [0, 0.05) is 6.08 Å². The van der Waals surface area contributed by atoms with Gasteiger partial charge in [0.2, 0.25) is 5.91 Å². The summed E-state index contributed by atoms with van der Waals surface area (Å²) >= 11 is 0. The van der Waals surface area contributed by atoms with E-state index in [0.717, 1.165) is 29.1 Å². The maximum absolute atomic E-state index is 12.2. The summed E-state index contributed by atoms with van der Waals surface area (Å²) in [6.07, 6.45) is 22.3. The number of nitrogens with zero attached hydrogens (tertiary/aromatic N) is 1. The number of carbonyl (C=O) groups excluding carboxylic acids is 1. The number of hydrogen-bond acceptors (Lipinski definition) is 4. The molecule has 0 radical (unpaired) electrons. The van der Waals surface area contributed by atoms with E-state index in [9.17, 15) is 14.4 Å². The Kier molecular flexibility index (Phi) is 18.5. The molecule has 7 heteroatoms. The van der Waals surface area contributed by atoms with Crippen molar-refractivity contribution in [2.45, 2.75) is 116 Å². The molecule has 1 rings (SSSR count). The van der Waals surface area contributed by atoms with Crippen molar-refractivity contribution in [3.05, 3.63) is 35.9 Å². The number of benzene rings is 1. The van der Waals surface area contributed by atoms with Crippen LogP contribution in [0, 0.1) is 0 Å². The van der Waals surface area contributed by atoms with Gasteiger partial charge in [-0.05, 0) is 43.0 Å². The molecule has 1 aromatic rings. The fourth-order valence-electron chi connectivity index (χ4n) is 4.40. The highest BCUT2D eigenvalue weighted by Gasteiger charge is 2.17. The first kappa shape index (κ1) is 33.2. The molecule has 38 heavy (non-hydrogen) atoms. The highest BCUT2D eigenvalue weighted by Crippen LogP contribution is 2.19. The molecule has 214 valence electrons. The van der Waals surface area contributed by atoms with Gasteiger partial charge < -0.3 is 19.8 Å². The quantitative estimate of drug-likeness (QED) is 0.113. The minimum absolute atomic E-state index is 0.172. The molecule has 2 N–H and O–H groups in total. The van der Waals surface area contributed by atoms with Crippen LogP contribution in [-0.2, 0) is 14.4 Å². The Balaban J connectivity index is 2.28. The molecule has 1 amide bonds. The average molecular weight is 532 g/mol. The van der Waals surface area contributed by atoms with E-state index in [0.29, 0.717) is 0 Å². The van der Waals surface area contributed by atoms with Gasteiger partial charge in [-0.3, -0.25) is 14.4 Å². The van der Waals surface area contributed by atoms with E-state index in [2.05, 4.69) is 13.8 Å². The van der Waals surface area contributed by atoms with Gasteiger partial charge in [0.25, 0.3) is 0 Å². The van der Waals surface area contributed by atoms with Crippen molar-refractivity contribution < 1.29 is 29.3 Å². The lowest BCUT2D eigenvalue weighted by Gasteiger charge is -2.18. The number of carboxylic acids is 2. The molecular formula is C31H49NO6. The summed E-state index contributed by atoms with van der Waals surface area (Å²) in [5.74, 6) is -2.43. The molecule has 0 spiro atoms. The highest BCUT2D eigenvalue weighted by atomic mass is 16.5. The van der Waals surface area contributed by atoms with Crippen LogP contribution in [0.3, 0.4) is 0 Å². The third-order valence-electron chi connectivity index (χ3n) is 6.65. The molecule has 0 aromatic heterocycles. The number of hydrogen-bond donors (Lipinski definition) is 2. The molecule has 1 aromatic carbocycles. The minimum atomic E-state index is -1.27. The standard InChI is InChI=1S/C31H49NO6/c1-3-5-6-7-8-9-10-11-12-13-14-15-16-17-27(4-2)38-28-21-18-26(19-22-28)20-23-29(33)32(24-30(34)35)25-31(36)37/h18-23,27H,3-17,24-25H2,1-2H3,(H,34,35)(H,36,37)/b23-20+. The number of unbranched alkanes of at least 4 members (excludes halogenated alkanes) is 12. The van der Waals surface area contributed by atoms with Crippen molar-refractivity contribution in [3.63, 3.8) is 0 Å². The minimum Gasteiger partial charge on any atom is -0.490 e. The van der Waals surface area contributed by atoms with Crippen LogP contribution in [-0.4, -0.2) is 52.2 Å². The smallest absolute Gasteiger partial charge is 0.323 e. The van der Waals surface area contributed by atoms with Gasteiger partial charge in [-0.1, -0.05) is 103 Å². The molecule has 0 aliphatic heterocycles. The van der Waals surface area contributed by atoms with E-state index >= 15 is 0 Å². The lowest BCUT2D eigenvalue weighted by Crippen LogP contribution is -2.38. The molecule has 0 saturated heterocycles. The zero-order valence-corrected chi connectivity index (χ0v) is 23.5. The van der Waals surface area contributed by atoms with Crippen LogP contribution < -0.4 is 4.74 Å². The maximum atomic E-state index is 12.2. The fraction of sp³-hybridized carbons (Fsp3) is 0.645. The zero-order chi connectivity index (χ0) is 28.0. The lowest BCUT2D eigenvalue weighted by atomic mass is 10.0. The van der Waals surface area contributed by atoms with Gasteiger partial charge >= 0.3 is 11.9 Å². The van der Waals surface area contributed by atoms with E-state index in [4.69, 9.17) is 14.9 Å². The Morgan fingerprint density at radius 3 is 1.68 bits per heavy atom. The maximum Gasteiger partial charge on any atom is 0.323 e. The summed E-state index contributed by atoms with van der Waals surface area (Å²) < 4.78 is 6.15. The topological polar surface area (TPSA) is 104 Å². The van der Waals surface area contributed by atoms with Crippen molar-refractivity contribution >= 4 is 23.9 Å². The van der Waals surface area contributed by atoms with Gasteiger partial charge in [-0.25, -0.2) is 0 Å². The Labute approximate surface area is 229 Å². The van der Waals surface area contributed by atoms with Gasteiger partial charge in [0.15, 0.2) is 0 Å². The first-order chi connectivity index (χ1) is 18.3. The molecule has 0 fully saturated rings. The van der Waals surface area contributed by atoms with Crippen LogP contribution in [0.1, 0.15) is 116 Å². The summed E-state index contributed by atoms with van der Waals surface area (Å²) in [7, 11) is 0. The highest BCUT2D eigenvalue weighted by molar-refractivity contribution is 5.95. The third-order valence-corrected chi connectivity index (χ3v) is 6.65. The second-order valence-electron chi connectivity index (χ2n) is 10.1. The third kappa shape index (κ3) is 16.8. The first-order valence-electron chi connectivity index (χ1n) is 14.5. The zero-order valence-electron chi connectivity index (χ0n) is 23.5. The second-order valence-corrected chi connectivity index (χ2v) is 10.1. The van der Waals surface area contributed by atoms with Crippen LogP contribution in [0.5, 0.6) is 5.75 Å². The number of ether oxygens (including phenoxy) is 1. The number of rotatable bonds is 23. The van der Waals surface area contributed by atoms with Crippen molar-refractivity contribution in [1.29, 1.82) is 0 Å². The molecule has 1 unspecified atom stereocenters. The van der Waals surface area contributed by atoms with Crippen LogP contribution >= 0.6 is 0 Å². The van der Waals surface area contributed by atoms with Gasteiger partial charge in [0.1, 0.15) is 18.8 Å². The Morgan fingerprint density at radius 2 is 1.24 bits per heavy atom. The summed E-state index contributed by atoms with van der Waals surface area (Å²) in [5.41, 5.74) is 0.737. The van der Waals surface area contributed by atoms with E-state index in [-0.39, 0.29) is 6.10 Å². The van der Waals surface area contributed by atoms with E-state index in [1.54, 1.807) is 0 Å². The van der Waals surface area contributed by atoms with Crippen molar-refractivity contribution in [3.8, 4) is 5.75 Å².